The van der Waals surface area contributed by atoms with Crippen LogP contribution in [-0.2, 0) is 0 Å². The fourth-order valence-corrected chi connectivity index (χ4v) is 2.64. The lowest BCUT2D eigenvalue weighted by Gasteiger charge is -2.23. The highest BCUT2D eigenvalue weighted by Crippen LogP contribution is 2.28. The van der Waals surface area contributed by atoms with Gasteiger partial charge in [-0.05, 0) is 55.8 Å². The van der Waals surface area contributed by atoms with Crippen LogP contribution >= 0.6 is 11.8 Å². The van der Waals surface area contributed by atoms with Crippen molar-refractivity contribution < 1.29 is 0 Å². The van der Waals surface area contributed by atoms with E-state index in [2.05, 4.69) is 27.8 Å². The molecule has 0 saturated carbocycles. The van der Waals surface area contributed by atoms with Gasteiger partial charge in [-0.15, -0.1) is 0 Å². The van der Waals surface area contributed by atoms with Crippen LogP contribution < -0.4 is 10.6 Å². The van der Waals surface area contributed by atoms with Crippen LogP contribution in [0.5, 0.6) is 0 Å². The number of nitrogens with zero attached hydrogens (tertiary/aromatic N) is 2. The number of hydrogen-bond acceptors (Lipinski definition) is 4. The Bertz CT molecular complexity index is 486. The van der Waals surface area contributed by atoms with E-state index in [1.165, 1.54) is 30.2 Å². The van der Waals surface area contributed by atoms with Gasteiger partial charge in [0, 0.05) is 0 Å². The first-order valence-corrected chi connectivity index (χ1v) is 7.64. The molecule has 0 aromatic heterocycles. The van der Waals surface area contributed by atoms with E-state index in [0.29, 0.717) is 11.1 Å². The summed E-state index contributed by atoms with van der Waals surface area (Å²) in [4.78, 5) is 4.45. The van der Waals surface area contributed by atoms with Crippen molar-refractivity contribution in [2.75, 3.05) is 19.3 Å². The number of aliphatic imine (C=N–C) groups is 1. The lowest BCUT2D eigenvalue weighted by molar-refractivity contribution is 0.460. The molecular formula is C14H18N4S. The Balaban J connectivity index is 2.16. The molecule has 1 saturated heterocycles. The highest BCUT2D eigenvalue weighted by atomic mass is 32.2. The minimum Gasteiger partial charge on any atom is -0.317 e. The molecular weight excluding hydrogens is 256 g/mol. The van der Waals surface area contributed by atoms with E-state index < -0.39 is 0 Å². The van der Waals surface area contributed by atoms with Gasteiger partial charge in [0.25, 0.3) is 0 Å². The van der Waals surface area contributed by atoms with Crippen molar-refractivity contribution in [3.63, 3.8) is 0 Å². The minimum absolute atomic E-state index is 0.623. The second kappa shape index (κ2) is 7.17. The van der Waals surface area contributed by atoms with Gasteiger partial charge in [0.1, 0.15) is 0 Å². The van der Waals surface area contributed by atoms with E-state index in [1.807, 2.05) is 24.6 Å². The number of nitrogens with one attached hydrogen (secondary N) is 2. The zero-order valence-electron chi connectivity index (χ0n) is 11.0. The average Bonchev–Trinajstić information content (AvgIpc) is 2.48. The van der Waals surface area contributed by atoms with Gasteiger partial charge in [-0.25, -0.2) is 4.99 Å². The van der Waals surface area contributed by atoms with Crippen LogP contribution in [0.25, 0.3) is 0 Å². The molecule has 19 heavy (non-hydrogen) atoms. The van der Waals surface area contributed by atoms with Gasteiger partial charge in [0.2, 0.25) is 0 Å². The molecule has 1 aliphatic rings. The summed E-state index contributed by atoms with van der Waals surface area (Å²) in [5.74, 6) is 0.623. The van der Waals surface area contributed by atoms with Crippen molar-refractivity contribution in [1.82, 2.24) is 10.6 Å². The summed E-state index contributed by atoms with van der Waals surface area (Å²) in [6, 6.07) is 8.32. The normalized spacial score (nSPS) is 16.9. The number of nitriles is 1. The SMILES string of the molecule is CSC(=Nc1cccc(C2CCNCC2)c1)NC#N. The quantitative estimate of drug-likeness (QED) is 0.376. The molecule has 1 heterocycles. The molecule has 0 atom stereocenters. The first-order chi connectivity index (χ1) is 9.33. The fourth-order valence-electron chi connectivity index (χ4n) is 2.29. The summed E-state index contributed by atoms with van der Waals surface area (Å²) in [5.41, 5.74) is 2.25. The minimum atomic E-state index is 0.623. The van der Waals surface area contributed by atoms with Crippen LogP contribution in [-0.4, -0.2) is 24.5 Å². The van der Waals surface area contributed by atoms with Crippen molar-refractivity contribution in [3.05, 3.63) is 29.8 Å². The zero-order chi connectivity index (χ0) is 13.5. The molecule has 1 aromatic carbocycles. The molecule has 0 spiro atoms. The zero-order valence-corrected chi connectivity index (χ0v) is 11.8. The van der Waals surface area contributed by atoms with Crippen LogP contribution in [0.2, 0.25) is 0 Å². The van der Waals surface area contributed by atoms with Gasteiger partial charge < -0.3 is 5.32 Å². The smallest absolute Gasteiger partial charge is 0.183 e. The van der Waals surface area contributed by atoms with Gasteiger partial charge in [0.15, 0.2) is 11.4 Å². The molecule has 2 rings (SSSR count). The highest BCUT2D eigenvalue weighted by Gasteiger charge is 2.15. The van der Waals surface area contributed by atoms with Gasteiger partial charge >= 0.3 is 0 Å². The Labute approximate surface area is 118 Å². The number of amidine groups is 1. The third kappa shape index (κ3) is 3.98. The van der Waals surface area contributed by atoms with Crippen LogP contribution in [0.3, 0.4) is 0 Å². The summed E-state index contributed by atoms with van der Waals surface area (Å²) in [6.07, 6.45) is 6.17. The number of piperidine rings is 1. The molecule has 4 nitrogen and oxygen atoms in total. The summed E-state index contributed by atoms with van der Waals surface area (Å²) in [7, 11) is 0. The second-order valence-electron chi connectivity index (χ2n) is 4.48. The molecule has 1 fully saturated rings. The maximum absolute atomic E-state index is 8.64. The Morgan fingerprint density at radius 1 is 1.47 bits per heavy atom. The largest absolute Gasteiger partial charge is 0.317 e. The summed E-state index contributed by atoms with van der Waals surface area (Å²) in [5, 5.41) is 15.2. The third-order valence-corrected chi connectivity index (χ3v) is 3.85. The Hall–Kier alpha value is -1.51. The molecule has 0 radical (unpaired) electrons. The summed E-state index contributed by atoms with van der Waals surface area (Å²) >= 11 is 1.44. The van der Waals surface area contributed by atoms with E-state index in [9.17, 15) is 0 Å². The van der Waals surface area contributed by atoms with Crippen molar-refractivity contribution in [2.45, 2.75) is 18.8 Å². The molecule has 0 unspecified atom stereocenters. The highest BCUT2D eigenvalue weighted by molar-refractivity contribution is 8.13. The van der Waals surface area contributed by atoms with E-state index >= 15 is 0 Å². The molecule has 100 valence electrons. The van der Waals surface area contributed by atoms with Crippen LogP contribution in [0.15, 0.2) is 29.3 Å². The number of rotatable bonds is 2. The fraction of sp³-hybridized carbons (Fsp3) is 0.429. The van der Waals surface area contributed by atoms with Crippen molar-refractivity contribution in [1.29, 1.82) is 5.26 Å². The maximum atomic E-state index is 8.64. The Kier molecular flexibility index (Phi) is 5.25. The predicted octanol–water partition coefficient (Wildman–Crippen LogP) is 2.57. The van der Waals surface area contributed by atoms with Crippen molar-refractivity contribution in [2.24, 2.45) is 4.99 Å². The molecule has 0 aliphatic carbocycles. The van der Waals surface area contributed by atoms with Crippen LogP contribution in [0.4, 0.5) is 5.69 Å². The van der Waals surface area contributed by atoms with Crippen molar-refractivity contribution in [3.8, 4) is 6.19 Å². The van der Waals surface area contributed by atoms with Crippen LogP contribution in [0, 0.1) is 11.5 Å². The van der Waals surface area contributed by atoms with E-state index in [-0.39, 0.29) is 0 Å². The summed E-state index contributed by atoms with van der Waals surface area (Å²) < 4.78 is 0. The molecule has 5 heteroatoms. The molecule has 2 N–H and O–H groups in total. The molecule has 1 aromatic rings. The molecule has 1 aliphatic heterocycles. The molecule has 0 bridgehead atoms. The predicted molar refractivity (Wildman–Crippen MR) is 80.6 cm³/mol. The lowest BCUT2D eigenvalue weighted by Crippen LogP contribution is -2.26. The first kappa shape index (κ1) is 13.9. The van der Waals surface area contributed by atoms with E-state index in [1.54, 1.807) is 0 Å². The lowest BCUT2D eigenvalue weighted by atomic mass is 9.90. The van der Waals surface area contributed by atoms with Crippen LogP contribution in [0.1, 0.15) is 24.3 Å². The van der Waals surface area contributed by atoms with E-state index in [0.717, 1.165) is 18.8 Å². The number of benzene rings is 1. The molecule has 0 amide bonds. The third-order valence-electron chi connectivity index (χ3n) is 3.27. The summed E-state index contributed by atoms with van der Waals surface area (Å²) in [6.45, 7) is 2.18. The van der Waals surface area contributed by atoms with Crippen molar-refractivity contribution >= 4 is 22.6 Å². The standard InChI is InChI=1S/C14H18N4S/c1-19-14(17-10-15)18-13-4-2-3-12(9-13)11-5-7-16-8-6-11/h2-4,9,11,16H,5-8H2,1H3,(H,17,18). The van der Waals surface area contributed by atoms with Gasteiger partial charge in [-0.1, -0.05) is 23.9 Å². The maximum Gasteiger partial charge on any atom is 0.183 e. The Morgan fingerprint density at radius 3 is 2.95 bits per heavy atom. The topological polar surface area (TPSA) is 60.2 Å². The van der Waals surface area contributed by atoms with E-state index in [4.69, 9.17) is 5.26 Å². The van der Waals surface area contributed by atoms with Gasteiger partial charge in [0.05, 0.1) is 5.69 Å². The first-order valence-electron chi connectivity index (χ1n) is 6.42. The monoisotopic (exact) mass is 274 g/mol. The number of thioether (sulfide) groups is 1. The Morgan fingerprint density at radius 2 is 2.26 bits per heavy atom. The van der Waals surface area contributed by atoms with Gasteiger partial charge in [-0.3, -0.25) is 5.32 Å². The second-order valence-corrected chi connectivity index (χ2v) is 5.27. The van der Waals surface area contributed by atoms with Gasteiger partial charge in [-0.2, -0.15) is 5.26 Å². The average molecular weight is 274 g/mol. The number of hydrogen-bond donors (Lipinski definition) is 2.